The molecule has 0 atom stereocenters. The first-order chi connectivity index (χ1) is 10.5. The fourth-order valence-corrected chi connectivity index (χ4v) is 2.92. The van der Waals surface area contributed by atoms with E-state index in [9.17, 15) is 9.59 Å². The second-order valence-corrected chi connectivity index (χ2v) is 5.51. The van der Waals surface area contributed by atoms with E-state index in [1.54, 1.807) is 24.3 Å². The number of rotatable bonds is 3. The zero-order valence-electron chi connectivity index (χ0n) is 12.6. The highest BCUT2D eigenvalue weighted by atomic mass is 16.5. The number of fused-ring (bicyclic) bond motifs is 2. The van der Waals surface area contributed by atoms with Gasteiger partial charge in [0.2, 0.25) is 0 Å². The van der Waals surface area contributed by atoms with Crippen molar-refractivity contribution in [1.82, 2.24) is 0 Å². The van der Waals surface area contributed by atoms with Crippen LogP contribution < -0.4 is 4.74 Å². The summed E-state index contributed by atoms with van der Waals surface area (Å²) in [6.45, 7) is 5.81. The molecule has 3 rings (SSSR count). The molecule has 0 amide bonds. The Bertz CT molecular complexity index is 815. The van der Waals surface area contributed by atoms with Crippen LogP contribution in [0.1, 0.15) is 44.3 Å². The van der Waals surface area contributed by atoms with Gasteiger partial charge in [-0.3, -0.25) is 9.59 Å². The first-order valence-electron chi connectivity index (χ1n) is 7.07. The van der Waals surface area contributed by atoms with Gasteiger partial charge in [0.1, 0.15) is 5.75 Å². The van der Waals surface area contributed by atoms with Crippen LogP contribution in [0.15, 0.2) is 48.6 Å². The summed E-state index contributed by atoms with van der Waals surface area (Å²) in [6, 6.07) is 10.5. The predicted molar refractivity (Wildman–Crippen MR) is 84.8 cm³/mol. The van der Waals surface area contributed by atoms with E-state index in [0.29, 0.717) is 34.4 Å². The summed E-state index contributed by atoms with van der Waals surface area (Å²) in [7, 11) is 1.50. The van der Waals surface area contributed by atoms with Crippen molar-refractivity contribution in [1.29, 1.82) is 0 Å². The van der Waals surface area contributed by atoms with Crippen molar-refractivity contribution < 1.29 is 14.3 Å². The topological polar surface area (TPSA) is 43.4 Å². The molecule has 0 fully saturated rings. The predicted octanol–water partition coefficient (Wildman–Crippen LogP) is 3.59. The van der Waals surface area contributed by atoms with Gasteiger partial charge in [0.25, 0.3) is 0 Å². The van der Waals surface area contributed by atoms with E-state index in [2.05, 4.69) is 6.58 Å². The van der Waals surface area contributed by atoms with E-state index in [0.717, 1.165) is 11.1 Å². The Morgan fingerprint density at radius 2 is 1.59 bits per heavy atom. The van der Waals surface area contributed by atoms with Crippen molar-refractivity contribution >= 4 is 11.6 Å². The summed E-state index contributed by atoms with van der Waals surface area (Å²) in [4.78, 5) is 25.7. The largest absolute Gasteiger partial charge is 0.496 e. The molecule has 1 aliphatic carbocycles. The molecule has 0 aromatic heterocycles. The van der Waals surface area contributed by atoms with Gasteiger partial charge in [-0.2, -0.15) is 0 Å². The molecule has 0 bridgehead atoms. The molecule has 0 spiro atoms. The standard InChI is InChI=1S/C19H16O3/c1-11(2)10-12-6-4-7-13-16(12)18(20)14-8-5-9-15(22-3)17(14)19(13)21/h4-9H,1,10H2,2-3H3. The van der Waals surface area contributed by atoms with Crippen LogP contribution in [0.2, 0.25) is 0 Å². The zero-order valence-corrected chi connectivity index (χ0v) is 12.6. The number of hydrogen-bond acceptors (Lipinski definition) is 3. The highest BCUT2D eigenvalue weighted by molar-refractivity contribution is 6.29. The number of ketones is 2. The van der Waals surface area contributed by atoms with Crippen LogP contribution in [-0.4, -0.2) is 18.7 Å². The maximum Gasteiger partial charge on any atom is 0.198 e. The molecule has 0 aliphatic heterocycles. The molecule has 0 N–H and O–H groups in total. The average molecular weight is 292 g/mol. The van der Waals surface area contributed by atoms with Gasteiger partial charge < -0.3 is 4.74 Å². The molecule has 3 heteroatoms. The third-order valence-electron chi connectivity index (χ3n) is 3.83. The average Bonchev–Trinajstić information content (AvgIpc) is 2.51. The first-order valence-corrected chi connectivity index (χ1v) is 7.07. The second kappa shape index (κ2) is 5.26. The van der Waals surface area contributed by atoms with Crippen molar-refractivity contribution in [3.05, 3.63) is 76.4 Å². The van der Waals surface area contributed by atoms with Crippen LogP contribution in [0.3, 0.4) is 0 Å². The number of methoxy groups -OCH3 is 1. The molecule has 22 heavy (non-hydrogen) atoms. The van der Waals surface area contributed by atoms with E-state index in [4.69, 9.17) is 4.74 Å². The van der Waals surface area contributed by atoms with Gasteiger partial charge in [-0.25, -0.2) is 0 Å². The monoisotopic (exact) mass is 292 g/mol. The lowest BCUT2D eigenvalue weighted by Crippen LogP contribution is -2.23. The second-order valence-electron chi connectivity index (χ2n) is 5.51. The number of allylic oxidation sites excluding steroid dienone is 1. The van der Waals surface area contributed by atoms with E-state index < -0.39 is 0 Å². The minimum absolute atomic E-state index is 0.125. The van der Waals surface area contributed by atoms with Crippen LogP contribution in [0.4, 0.5) is 0 Å². The molecule has 110 valence electrons. The normalized spacial score (nSPS) is 12.6. The molecular formula is C19H16O3. The summed E-state index contributed by atoms with van der Waals surface area (Å²) < 4.78 is 5.25. The van der Waals surface area contributed by atoms with Crippen LogP contribution in [0.5, 0.6) is 5.75 Å². The van der Waals surface area contributed by atoms with E-state index in [1.807, 2.05) is 19.1 Å². The van der Waals surface area contributed by atoms with Crippen molar-refractivity contribution in [2.24, 2.45) is 0 Å². The van der Waals surface area contributed by atoms with Crippen molar-refractivity contribution in [3.8, 4) is 5.75 Å². The molecule has 2 aromatic rings. The Morgan fingerprint density at radius 1 is 1.00 bits per heavy atom. The Balaban J connectivity index is 2.27. The van der Waals surface area contributed by atoms with Gasteiger partial charge in [0.05, 0.1) is 12.7 Å². The zero-order chi connectivity index (χ0) is 15.9. The lowest BCUT2D eigenvalue weighted by atomic mass is 9.80. The van der Waals surface area contributed by atoms with Crippen LogP contribution in [-0.2, 0) is 6.42 Å². The van der Waals surface area contributed by atoms with Gasteiger partial charge in [-0.05, 0) is 25.0 Å². The minimum atomic E-state index is -0.161. The number of benzene rings is 2. The first kappa shape index (κ1) is 14.3. The lowest BCUT2D eigenvalue weighted by molar-refractivity contribution is 0.0976. The van der Waals surface area contributed by atoms with Crippen LogP contribution in [0, 0.1) is 0 Å². The van der Waals surface area contributed by atoms with Gasteiger partial charge >= 0.3 is 0 Å². The summed E-state index contributed by atoms with van der Waals surface area (Å²) in [5.41, 5.74) is 3.50. The molecule has 1 aliphatic rings. The van der Waals surface area contributed by atoms with Gasteiger partial charge in [-0.1, -0.05) is 42.5 Å². The smallest absolute Gasteiger partial charge is 0.198 e. The van der Waals surface area contributed by atoms with Crippen LogP contribution >= 0.6 is 0 Å². The molecule has 3 nitrogen and oxygen atoms in total. The number of carbonyl (C=O) groups is 2. The van der Waals surface area contributed by atoms with Crippen molar-refractivity contribution in [2.75, 3.05) is 7.11 Å². The van der Waals surface area contributed by atoms with Crippen LogP contribution in [0.25, 0.3) is 0 Å². The Morgan fingerprint density at radius 3 is 2.23 bits per heavy atom. The SMILES string of the molecule is C=C(C)Cc1cccc2c1C(=O)c1cccc(OC)c1C2=O. The fraction of sp³-hybridized carbons (Fsp3) is 0.158. The fourth-order valence-electron chi connectivity index (χ4n) is 2.92. The quantitative estimate of drug-likeness (QED) is 0.693. The van der Waals surface area contributed by atoms with E-state index >= 15 is 0 Å². The van der Waals surface area contributed by atoms with E-state index in [-0.39, 0.29) is 11.6 Å². The lowest BCUT2D eigenvalue weighted by Gasteiger charge is -2.21. The van der Waals surface area contributed by atoms with Crippen molar-refractivity contribution in [2.45, 2.75) is 13.3 Å². The molecule has 0 heterocycles. The number of carbonyl (C=O) groups excluding carboxylic acids is 2. The molecular weight excluding hydrogens is 276 g/mol. The summed E-state index contributed by atoms with van der Waals surface area (Å²) in [6.07, 6.45) is 0.585. The molecule has 2 aromatic carbocycles. The summed E-state index contributed by atoms with van der Waals surface area (Å²) in [5, 5.41) is 0. The maximum absolute atomic E-state index is 12.9. The number of ether oxygens (including phenoxy) is 1. The molecule has 0 saturated heterocycles. The molecule has 0 unspecified atom stereocenters. The Hall–Kier alpha value is -2.68. The molecule has 0 saturated carbocycles. The van der Waals surface area contributed by atoms with Crippen molar-refractivity contribution in [3.63, 3.8) is 0 Å². The highest BCUT2D eigenvalue weighted by Gasteiger charge is 2.33. The third-order valence-corrected chi connectivity index (χ3v) is 3.83. The maximum atomic E-state index is 12.9. The minimum Gasteiger partial charge on any atom is -0.496 e. The Kier molecular flexibility index (Phi) is 3.41. The molecule has 0 radical (unpaired) electrons. The van der Waals surface area contributed by atoms with Gasteiger partial charge in [0.15, 0.2) is 11.6 Å². The number of hydrogen-bond donors (Lipinski definition) is 0. The van der Waals surface area contributed by atoms with Gasteiger partial charge in [0, 0.05) is 16.7 Å². The Labute approximate surface area is 129 Å². The summed E-state index contributed by atoms with van der Waals surface area (Å²) >= 11 is 0. The van der Waals surface area contributed by atoms with Gasteiger partial charge in [-0.15, -0.1) is 0 Å². The van der Waals surface area contributed by atoms with E-state index in [1.165, 1.54) is 7.11 Å². The third kappa shape index (κ3) is 2.06. The summed E-state index contributed by atoms with van der Waals surface area (Å²) in [5.74, 6) is 0.151. The highest BCUT2D eigenvalue weighted by Crippen LogP contribution is 2.34.